The van der Waals surface area contributed by atoms with Crippen LogP contribution in [0.2, 0.25) is 0 Å². The van der Waals surface area contributed by atoms with Crippen molar-refractivity contribution >= 4 is 5.91 Å². The Morgan fingerprint density at radius 2 is 2.24 bits per heavy atom. The second kappa shape index (κ2) is 7.57. The van der Waals surface area contributed by atoms with E-state index in [2.05, 4.69) is 15.0 Å². The number of rotatable bonds is 5. The summed E-state index contributed by atoms with van der Waals surface area (Å²) in [5, 5.41) is 0. The van der Waals surface area contributed by atoms with Crippen LogP contribution in [0.5, 0.6) is 11.6 Å². The first-order valence-electron chi connectivity index (χ1n) is 8.40. The van der Waals surface area contributed by atoms with Gasteiger partial charge in [-0.2, -0.15) is 0 Å². The molecule has 3 rings (SSSR count). The average Bonchev–Trinajstić information content (AvgIpc) is 3.06. The number of aryl methyl sites for hydroxylation is 1. The molecule has 0 spiro atoms. The highest BCUT2D eigenvalue weighted by atomic mass is 16.5. The molecule has 0 aromatic carbocycles. The first-order valence-corrected chi connectivity index (χ1v) is 8.40. The predicted octanol–water partition coefficient (Wildman–Crippen LogP) is 2.20. The lowest BCUT2D eigenvalue weighted by atomic mass is 10.1. The van der Waals surface area contributed by atoms with E-state index in [1.165, 1.54) is 0 Å². The van der Waals surface area contributed by atoms with Crippen LogP contribution in [0.15, 0.2) is 30.7 Å². The molecule has 0 saturated carbocycles. The van der Waals surface area contributed by atoms with E-state index in [0.29, 0.717) is 18.2 Å². The molecule has 1 atom stereocenters. The van der Waals surface area contributed by atoms with Crippen LogP contribution >= 0.6 is 0 Å². The fourth-order valence-corrected chi connectivity index (χ4v) is 3.00. The van der Waals surface area contributed by atoms with E-state index in [1.54, 1.807) is 18.6 Å². The Kier molecular flexibility index (Phi) is 5.23. The number of ether oxygens (including phenoxy) is 1. The molecule has 0 N–H and O–H groups in total. The van der Waals surface area contributed by atoms with E-state index in [9.17, 15) is 4.79 Å². The summed E-state index contributed by atoms with van der Waals surface area (Å²) >= 11 is 0. The summed E-state index contributed by atoms with van der Waals surface area (Å²) in [6.07, 6.45) is 6.88. The number of aromatic nitrogens is 3. The minimum atomic E-state index is -0.0431. The fourth-order valence-electron chi connectivity index (χ4n) is 3.00. The average molecular weight is 341 g/mol. The van der Waals surface area contributed by atoms with Crippen molar-refractivity contribution < 1.29 is 9.53 Å². The van der Waals surface area contributed by atoms with Crippen LogP contribution in [0.25, 0.3) is 0 Å². The number of pyridine rings is 1. The quantitative estimate of drug-likeness (QED) is 0.830. The molecular weight excluding hydrogens is 318 g/mol. The van der Waals surface area contributed by atoms with Crippen LogP contribution in [-0.2, 0) is 4.79 Å². The molecule has 1 aliphatic heterocycles. The lowest BCUT2D eigenvalue weighted by Crippen LogP contribution is -2.37. The largest absolute Gasteiger partial charge is 0.436 e. The number of likely N-dealkylation sites (N-methyl/N-ethyl adjacent to an activating group) is 1. The molecule has 1 unspecified atom stereocenters. The molecule has 1 saturated heterocycles. The van der Waals surface area contributed by atoms with E-state index in [1.807, 2.05) is 43.0 Å². The van der Waals surface area contributed by atoms with E-state index in [4.69, 9.17) is 4.74 Å². The van der Waals surface area contributed by atoms with Crippen LogP contribution in [0.1, 0.15) is 30.3 Å². The summed E-state index contributed by atoms with van der Waals surface area (Å²) in [6.45, 7) is 3.03. The zero-order chi connectivity index (χ0) is 17.8. The molecule has 132 valence electrons. The number of likely N-dealkylation sites (tertiary alicyclic amines) is 1. The summed E-state index contributed by atoms with van der Waals surface area (Å²) in [5.74, 6) is 1.19. The Balaban J connectivity index is 1.78. The van der Waals surface area contributed by atoms with E-state index >= 15 is 0 Å². The molecule has 0 bridgehead atoms. The minimum Gasteiger partial charge on any atom is -0.436 e. The van der Waals surface area contributed by atoms with Gasteiger partial charge < -0.3 is 14.5 Å². The molecule has 0 radical (unpaired) electrons. The molecule has 2 aromatic heterocycles. The van der Waals surface area contributed by atoms with Crippen LogP contribution in [-0.4, -0.2) is 57.8 Å². The van der Waals surface area contributed by atoms with Crippen molar-refractivity contribution in [3.8, 4) is 11.6 Å². The van der Waals surface area contributed by atoms with Gasteiger partial charge in [-0.3, -0.25) is 14.8 Å². The number of hydrogen-bond donors (Lipinski definition) is 0. The second-order valence-electron chi connectivity index (χ2n) is 6.45. The first-order chi connectivity index (χ1) is 12.0. The van der Waals surface area contributed by atoms with Crippen molar-refractivity contribution in [3.63, 3.8) is 0 Å². The predicted molar refractivity (Wildman–Crippen MR) is 93.3 cm³/mol. The maximum atomic E-state index is 12.5. The third-order valence-corrected chi connectivity index (χ3v) is 4.17. The van der Waals surface area contributed by atoms with Crippen LogP contribution in [0, 0.1) is 6.92 Å². The summed E-state index contributed by atoms with van der Waals surface area (Å²) in [6, 6.07) is 3.62. The van der Waals surface area contributed by atoms with Crippen LogP contribution in [0.3, 0.4) is 0 Å². The molecule has 25 heavy (non-hydrogen) atoms. The van der Waals surface area contributed by atoms with E-state index < -0.39 is 0 Å². The van der Waals surface area contributed by atoms with Gasteiger partial charge in [-0.05, 0) is 46.0 Å². The van der Waals surface area contributed by atoms with Crippen molar-refractivity contribution in [1.82, 2.24) is 24.8 Å². The van der Waals surface area contributed by atoms with E-state index in [-0.39, 0.29) is 11.9 Å². The number of carbonyl (C=O) groups excluding carboxylic acids is 1. The van der Waals surface area contributed by atoms with Gasteiger partial charge in [0.25, 0.3) is 0 Å². The highest BCUT2D eigenvalue weighted by Gasteiger charge is 2.31. The van der Waals surface area contributed by atoms with Crippen molar-refractivity contribution in [2.45, 2.75) is 25.8 Å². The van der Waals surface area contributed by atoms with Crippen LogP contribution in [0.4, 0.5) is 0 Å². The molecule has 7 heteroatoms. The monoisotopic (exact) mass is 341 g/mol. The lowest BCUT2D eigenvalue weighted by Gasteiger charge is -2.25. The van der Waals surface area contributed by atoms with Gasteiger partial charge in [-0.25, -0.2) is 4.98 Å². The number of nitrogens with zero attached hydrogens (tertiary/aromatic N) is 5. The van der Waals surface area contributed by atoms with Crippen molar-refractivity contribution in [2.24, 2.45) is 0 Å². The Hall–Kier alpha value is -2.54. The molecule has 1 amide bonds. The molecule has 0 aliphatic carbocycles. The third-order valence-electron chi connectivity index (χ3n) is 4.17. The SMILES string of the molecule is Cc1ncccc1Oc1cncc(C2CCCN2C(=O)CN(C)C)n1. The van der Waals surface area contributed by atoms with Crippen molar-refractivity contribution in [3.05, 3.63) is 42.1 Å². The molecular formula is C18H23N5O2. The lowest BCUT2D eigenvalue weighted by molar-refractivity contribution is -0.132. The standard InChI is InChI=1S/C18H23N5O2/c1-13-16(7-4-8-20-13)25-17-11-19-10-14(21-17)15-6-5-9-23(15)18(24)12-22(2)3/h4,7-8,10-11,15H,5-6,9,12H2,1-3H3. The van der Waals surface area contributed by atoms with E-state index in [0.717, 1.165) is 30.8 Å². The highest BCUT2D eigenvalue weighted by Crippen LogP contribution is 2.32. The molecule has 1 fully saturated rings. The molecule has 7 nitrogen and oxygen atoms in total. The third kappa shape index (κ3) is 4.11. The second-order valence-corrected chi connectivity index (χ2v) is 6.45. The van der Waals surface area contributed by atoms with Crippen molar-refractivity contribution in [1.29, 1.82) is 0 Å². The Morgan fingerprint density at radius 1 is 1.40 bits per heavy atom. The van der Waals surface area contributed by atoms with Gasteiger partial charge in [0, 0.05) is 12.7 Å². The summed E-state index contributed by atoms with van der Waals surface area (Å²) in [7, 11) is 3.79. The molecule has 2 aromatic rings. The molecule has 3 heterocycles. The normalized spacial score (nSPS) is 17.1. The summed E-state index contributed by atoms with van der Waals surface area (Å²) < 4.78 is 5.82. The topological polar surface area (TPSA) is 71.5 Å². The zero-order valence-corrected chi connectivity index (χ0v) is 14.8. The zero-order valence-electron chi connectivity index (χ0n) is 14.8. The summed E-state index contributed by atoms with van der Waals surface area (Å²) in [5.41, 5.74) is 1.56. The van der Waals surface area contributed by atoms with Gasteiger partial charge in [-0.15, -0.1) is 0 Å². The number of hydrogen-bond acceptors (Lipinski definition) is 6. The van der Waals surface area contributed by atoms with Crippen molar-refractivity contribution in [2.75, 3.05) is 27.2 Å². The van der Waals surface area contributed by atoms with Gasteiger partial charge in [-0.1, -0.05) is 0 Å². The minimum absolute atomic E-state index is 0.0431. The number of carbonyl (C=O) groups is 1. The van der Waals surface area contributed by atoms with Gasteiger partial charge in [0.05, 0.1) is 36.4 Å². The van der Waals surface area contributed by atoms with Gasteiger partial charge >= 0.3 is 0 Å². The Labute approximate surface area is 147 Å². The highest BCUT2D eigenvalue weighted by molar-refractivity contribution is 5.79. The smallest absolute Gasteiger partial charge is 0.238 e. The van der Waals surface area contributed by atoms with Gasteiger partial charge in [0.15, 0.2) is 5.75 Å². The Morgan fingerprint density at radius 3 is 3.00 bits per heavy atom. The Bertz CT molecular complexity index is 750. The summed E-state index contributed by atoms with van der Waals surface area (Å²) in [4.78, 5) is 29.3. The molecule has 1 aliphatic rings. The maximum Gasteiger partial charge on any atom is 0.238 e. The van der Waals surface area contributed by atoms with Gasteiger partial charge in [0.2, 0.25) is 11.8 Å². The number of amides is 1. The van der Waals surface area contributed by atoms with Crippen LogP contribution < -0.4 is 4.74 Å². The first kappa shape index (κ1) is 17.3. The fraction of sp³-hybridized carbons (Fsp3) is 0.444. The maximum absolute atomic E-state index is 12.5. The van der Waals surface area contributed by atoms with Gasteiger partial charge in [0.1, 0.15) is 0 Å².